The van der Waals surface area contributed by atoms with E-state index in [-0.39, 0.29) is 5.56 Å². The standard InChI is InChI=1S/C14H18N2O2/c15-12-4-3-10(7-11(12)13(17)18)16-8-14(5-6-14)9-1-2-9/h3-4,7,9,16H,1-2,5-6,8,15H2,(H,17,18). The van der Waals surface area contributed by atoms with Crippen LogP contribution in [0.4, 0.5) is 11.4 Å². The Morgan fingerprint density at radius 1 is 1.44 bits per heavy atom. The molecule has 0 saturated heterocycles. The van der Waals surface area contributed by atoms with Crippen LogP contribution in [-0.2, 0) is 0 Å². The largest absolute Gasteiger partial charge is 0.478 e. The number of benzene rings is 1. The Kier molecular flexibility index (Phi) is 2.47. The normalized spacial score (nSPS) is 20.4. The van der Waals surface area contributed by atoms with Crippen LogP contribution in [0.15, 0.2) is 18.2 Å². The zero-order valence-corrected chi connectivity index (χ0v) is 10.3. The summed E-state index contributed by atoms with van der Waals surface area (Å²) in [5.41, 5.74) is 7.49. The smallest absolute Gasteiger partial charge is 0.337 e. The fourth-order valence-electron chi connectivity index (χ4n) is 2.72. The summed E-state index contributed by atoms with van der Waals surface area (Å²) in [5.74, 6) is -0.0720. The number of carboxylic acids is 1. The van der Waals surface area contributed by atoms with Gasteiger partial charge in [-0.2, -0.15) is 0 Å². The Morgan fingerprint density at radius 2 is 2.17 bits per heavy atom. The van der Waals surface area contributed by atoms with Crippen molar-refractivity contribution in [2.45, 2.75) is 25.7 Å². The maximum absolute atomic E-state index is 11.0. The van der Waals surface area contributed by atoms with Crippen LogP contribution in [0.2, 0.25) is 0 Å². The quantitative estimate of drug-likeness (QED) is 0.698. The van der Waals surface area contributed by atoms with E-state index in [4.69, 9.17) is 10.8 Å². The molecule has 0 heterocycles. The molecule has 0 aliphatic heterocycles. The van der Waals surface area contributed by atoms with Crippen molar-refractivity contribution in [2.24, 2.45) is 11.3 Å². The number of hydrogen-bond donors (Lipinski definition) is 3. The number of rotatable bonds is 5. The van der Waals surface area contributed by atoms with Gasteiger partial charge in [0.2, 0.25) is 0 Å². The predicted octanol–water partition coefficient (Wildman–Crippen LogP) is 2.57. The number of nitrogens with two attached hydrogens (primary N) is 1. The van der Waals surface area contributed by atoms with Gasteiger partial charge in [0.05, 0.1) is 5.56 Å². The van der Waals surface area contributed by atoms with E-state index in [1.807, 2.05) is 6.07 Å². The van der Waals surface area contributed by atoms with Gasteiger partial charge in [0.15, 0.2) is 0 Å². The van der Waals surface area contributed by atoms with E-state index >= 15 is 0 Å². The Labute approximate surface area is 106 Å². The van der Waals surface area contributed by atoms with E-state index in [1.54, 1.807) is 12.1 Å². The monoisotopic (exact) mass is 246 g/mol. The Morgan fingerprint density at radius 3 is 2.72 bits per heavy atom. The van der Waals surface area contributed by atoms with E-state index in [0.29, 0.717) is 11.1 Å². The third-order valence-electron chi connectivity index (χ3n) is 4.26. The van der Waals surface area contributed by atoms with Gasteiger partial charge in [-0.25, -0.2) is 4.79 Å². The average molecular weight is 246 g/mol. The molecule has 4 N–H and O–H groups in total. The molecule has 2 saturated carbocycles. The second-order valence-electron chi connectivity index (χ2n) is 5.60. The summed E-state index contributed by atoms with van der Waals surface area (Å²) < 4.78 is 0. The summed E-state index contributed by atoms with van der Waals surface area (Å²) in [5, 5.41) is 12.4. The van der Waals surface area contributed by atoms with Crippen LogP contribution in [0, 0.1) is 11.3 Å². The second kappa shape index (κ2) is 3.90. The first-order valence-electron chi connectivity index (χ1n) is 6.47. The van der Waals surface area contributed by atoms with Crippen LogP contribution in [0.1, 0.15) is 36.0 Å². The Bertz CT molecular complexity index is 491. The molecule has 0 aromatic heterocycles. The number of aromatic carboxylic acids is 1. The van der Waals surface area contributed by atoms with Gasteiger partial charge in [0.25, 0.3) is 0 Å². The molecule has 2 aliphatic carbocycles. The summed E-state index contributed by atoms with van der Waals surface area (Å²) in [7, 11) is 0. The Balaban J connectivity index is 1.69. The van der Waals surface area contributed by atoms with Gasteiger partial charge in [0, 0.05) is 17.9 Å². The molecule has 4 heteroatoms. The van der Waals surface area contributed by atoms with Crippen LogP contribution in [-0.4, -0.2) is 17.6 Å². The maximum atomic E-state index is 11.0. The molecule has 2 fully saturated rings. The first-order valence-corrected chi connectivity index (χ1v) is 6.47. The average Bonchev–Trinajstić information content (AvgIpc) is 3.20. The van der Waals surface area contributed by atoms with Crippen molar-refractivity contribution in [2.75, 3.05) is 17.6 Å². The SMILES string of the molecule is Nc1ccc(NCC2(C3CC3)CC2)cc1C(=O)O. The lowest BCUT2D eigenvalue weighted by atomic mass is 10.0. The third kappa shape index (κ3) is 2.03. The van der Waals surface area contributed by atoms with E-state index in [2.05, 4.69) is 5.32 Å². The summed E-state index contributed by atoms with van der Waals surface area (Å²) >= 11 is 0. The number of hydrogen-bond acceptors (Lipinski definition) is 3. The molecule has 4 nitrogen and oxygen atoms in total. The molecule has 96 valence electrons. The molecule has 1 aromatic rings. The number of nitrogens with one attached hydrogen (secondary N) is 1. The topological polar surface area (TPSA) is 75.3 Å². The highest BCUT2D eigenvalue weighted by molar-refractivity contribution is 5.94. The highest BCUT2D eigenvalue weighted by Gasteiger charge is 2.53. The van der Waals surface area contributed by atoms with E-state index < -0.39 is 5.97 Å². The van der Waals surface area contributed by atoms with Crippen molar-refractivity contribution in [1.82, 2.24) is 0 Å². The molecule has 0 unspecified atom stereocenters. The molecule has 0 amide bonds. The first-order chi connectivity index (χ1) is 8.61. The molecule has 0 bridgehead atoms. The van der Waals surface area contributed by atoms with Gasteiger partial charge in [0.1, 0.15) is 0 Å². The van der Waals surface area contributed by atoms with Crippen molar-refractivity contribution in [3.8, 4) is 0 Å². The number of carbonyl (C=O) groups is 1. The lowest BCUT2D eigenvalue weighted by Crippen LogP contribution is -2.17. The predicted molar refractivity (Wildman–Crippen MR) is 70.7 cm³/mol. The van der Waals surface area contributed by atoms with Crippen molar-refractivity contribution in [3.63, 3.8) is 0 Å². The lowest BCUT2D eigenvalue weighted by Gasteiger charge is -2.16. The molecular formula is C14H18N2O2. The van der Waals surface area contributed by atoms with Crippen molar-refractivity contribution < 1.29 is 9.90 Å². The molecule has 0 radical (unpaired) electrons. The highest BCUT2D eigenvalue weighted by Crippen LogP contribution is 2.61. The molecule has 0 spiro atoms. The van der Waals surface area contributed by atoms with Gasteiger partial charge in [-0.05, 0) is 55.2 Å². The third-order valence-corrected chi connectivity index (χ3v) is 4.26. The van der Waals surface area contributed by atoms with Crippen molar-refractivity contribution >= 4 is 17.3 Å². The first kappa shape index (κ1) is 11.4. The van der Waals surface area contributed by atoms with E-state index in [9.17, 15) is 4.79 Å². The van der Waals surface area contributed by atoms with Gasteiger partial charge < -0.3 is 16.2 Å². The summed E-state index contributed by atoms with van der Waals surface area (Å²) in [6.07, 6.45) is 5.35. The van der Waals surface area contributed by atoms with Gasteiger partial charge in [-0.15, -0.1) is 0 Å². The zero-order valence-electron chi connectivity index (χ0n) is 10.3. The summed E-state index contributed by atoms with van der Waals surface area (Å²) in [6.45, 7) is 0.959. The van der Waals surface area contributed by atoms with Crippen molar-refractivity contribution in [1.29, 1.82) is 0 Å². The summed E-state index contributed by atoms with van der Waals surface area (Å²) in [4.78, 5) is 11.0. The zero-order chi connectivity index (χ0) is 12.8. The number of carboxylic acid groups (broad SMARTS) is 1. The number of nitrogen functional groups attached to an aromatic ring is 1. The van der Waals surface area contributed by atoms with Gasteiger partial charge in [-0.3, -0.25) is 0 Å². The fourth-order valence-corrected chi connectivity index (χ4v) is 2.72. The van der Waals surface area contributed by atoms with Crippen LogP contribution in [0.25, 0.3) is 0 Å². The molecular weight excluding hydrogens is 228 g/mol. The minimum Gasteiger partial charge on any atom is -0.478 e. The fraction of sp³-hybridized carbons (Fsp3) is 0.500. The van der Waals surface area contributed by atoms with Crippen LogP contribution in [0.5, 0.6) is 0 Å². The van der Waals surface area contributed by atoms with Gasteiger partial charge in [-0.1, -0.05) is 0 Å². The maximum Gasteiger partial charge on any atom is 0.337 e. The van der Waals surface area contributed by atoms with E-state index in [0.717, 1.165) is 18.2 Å². The van der Waals surface area contributed by atoms with E-state index in [1.165, 1.54) is 25.7 Å². The van der Waals surface area contributed by atoms with Crippen LogP contribution < -0.4 is 11.1 Å². The van der Waals surface area contributed by atoms with Gasteiger partial charge >= 0.3 is 5.97 Å². The minimum atomic E-state index is -0.973. The van der Waals surface area contributed by atoms with Crippen LogP contribution in [0.3, 0.4) is 0 Å². The highest BCUT2D eigenvalue weighted by atomic mass is 16.4. The van der Waals surface area contributed by atoms with Crippen LogP contribution >= 0.6 is 0 Å². The summed E-state index contributed by atoms with van der Waals surface area (Å²) in [6, 6.07) is 5.13. The molecule has 3 rings (SSSR count). The second-order valence-corrected chi connectivity index (χ2v) is 5.60. The van der Waals surface area contributed by atoms with Crippen molar-refractivity contribution in [3.05, 3.63) is 23.8 Å². The molecule has 1 aromatic carbocycles. The minimum absolute atomic E-state index is 0.177. The Hall–Kier alpha value is -1.71. The molecule has 18 heavy (non-hydrogen) atoms. The molecule has 0 atom stereocenters. The number of anilines is 2. The molecule has 2 aliphatic rings. The lowest BCUT2D eigenvalue weighted by molar-refractivity contribution is 0.0698.